The number of aromatic nitrogens is 2. The minimum absolute atomic E-state index is 0. The summed E-state index contributed by atoms with van der Waals surface area (Å²) in [6, 6.07) is 10.9. The highest BCUT2D eigenvalue weighted by Crippen LogP contribution is 2.11. The van der Waals surface area contributed by atoms with Crippen molar-refractivity contribution in [2.24, 2.45) is 4.99 Å². The molecular formula is C23H37IN6O. The molecule has 3 rings (SSSR count). The van der Waals surface area contributed by atoms with Crippen LogP contribution in [0.2, 0.25) is 0 Å². The van der Waals surface area contributed by atoms with Crippen LogP contribution in [0.25, 0.3) is 0 Å². The van der Waals surface area contributed by atoms with Gasteiger partial charge in [0.1, 0.15) is 0 Å². The zero-order chi connectivity index (χ0) is 21.2. The van der Waals surface area contributed by atoms with Gasteiger partial charge in [0.25, 0.3) is 0 Å². The van der Waals surface area contributed by atoms with Crippen LogP contribution in [0, 0.1) is 13.8 Å². The van der Waals surface area contributed by atoms with Crippen LogP contribution in [0.5, 0.6) is 0 Å². The number of aliphatic imine (C=N–C) groups is 1. The Hall–Kier alpha value is -1.65. The fourth-order valence-electron chi connectivity index (χ4n) is 3.69. The van der Waals surface area contributed by atoms with E-state index in [0.29, 0.717) is 6.54 Å². The van der Waals surface area contributed by atoms with Crippen molar-refractivity contribution in [1.82, 2.24) is 25.3 Å². The maximum atomic E-state index is 5.44. The normalized spacial score (nSPS) is 14.9. The van der Waals surface area contributed by atoms with Gasteiger partial charge in [0, 0.05) is 45.0 Å². The minimum Gasteiger partial charge on any atom is -0.379 e. The Morgan fingerprint density at radius 3 is 2.61 bits per heavy atom. The Morgan fingerprint density at radius 1 is 1.13 bits per heavy atom. The summed E-state index contributed by atoms with van der Waals surface area (Å²) in [6.45, 7) is 14.2. The molecule has 1 aromatic heterocycles. The number of morpholine rings is 1. The van der Waals surface area contributed by atoms with Gasteiger partial charge in [-0.15, -0.1) is 24.0 Å². The lowest BCUT2D eigenvalue weighted by molar-refractivity contribution is 0.0342. The summed E-state index contributed by atoms with van der Waals surface area (Å²) in [5, 5.41) is 11.3. The number of nitrogens with zero attached hydrogens (tertiary/aromatic N) is 4. The van der Waals surface area contributed by atoms with Crippen LogP contribution in [0.15, 0.2) is 35.3 Å². The second kappa shape index (κ2) is 13.7. The summed E-state index contributed by atoms with van der Waals surface area (Å²) in [6.07, 6.45) is 1.00. The van der Waals surface area contributed by atoms with Gasteiger partial charge in [0.15, 0.2) is 5.96 Å². The van der Waals surface area contributed by atoms with Crippen molar-refractivity contribution in [2.75, 3.05) is 39.4 Å². The van der Waals surface area contributed by atoms with Crippen LogP contribution >= 0.6 is 24.0 Å². The number of aryl methyl sites for hydroxylation is 3. The molecule has 1 aromatic carbocycles. The first-order valence-corrected chi connectivity index (χ1v) is 11.0. The summed E-state index contributed by atoms with van der Waals surface area (Å²) in [5.74, 6) is 0.865. The van der Waals surface area contributed by atoms with Crippen molar-refractivity contribution in [1.29, 1.82) is 0 Å². The molecule has 0 unspecified atom stereocenters. The molecule has 7 nitrogen and oxygen atoms in total. The van der Waals surface area contributed by atoms with E-state index in [-0.39, 0.29) is 24.0 Å². The molecule has 0 radical (unpaired) electrons. The second-order valence-electron chi connectivity index (χ2n) is 7.83. The van der Waals surface area contributed by atoms with Crippen LogP contribution in [-0.2, 0) is 24.4 Å². The predicted molar refractivity (Wildman–Crippen MR) is 137 cm³/mol. The van der Waals surface area contributed by atoms with E-state index in [1.54, 1.807) is 0 Å². The van der Waals surface area contributed by atoms with E-state index in [1.165, 1.54) is 16.8 Å². The number of guanidine groups is 1. The maximum Gasteiger partial charge on any atom is 0.191 e. The molecule has 1 aliphatic rings. The molecular weight excluding hydrogens is 503 g/mol. The third-order valence-electron chi connectivity index (χ3n) is 5.21. The van der Waals surface area contributed by atoms with Crippen LogP contribution in [0.4, 0.5) is 0 Å². The highest BCUT2D eigenvalue weighted by Gasteiger charge is 2.10. The molecule has 1 fully saturated rings. The molecule has 1 aliphatic heterocycles. The Kier molecular flexibility index (Phi) is 11.3. The van der Waals surface area contributed by atoms with Crippen molar-refractivity contribution < 1.29 is 4.74 Å². The first-order valence-electron chi connectivity index (χ1n) is 11.0. The molecule has 2 heterocycles. The molecule has 0 amide bonds. The molecule has 0 bridgehead atoms. The zero-order valence-corrected chi connectivity index (χ0v) is 21.4. The molecule has 0 atom stereocenters. The fraction of sp³-hybridized carbons (Fsp3) is 0.565. The van der Waals surface area contributed by atoms with E-state index < -0.39 is 0 Å². The lowest BCUT2D eigenvalue weighted by Crippen LogP contribution is -2.38. The van der Waals surface area contributed by atoms with E-state index in [1.807, 2.05) is 6.92 Å². The van der Waals surface area contributed by atoms with E-state index in [4.69, 9.17) is 9.73 Å². The van der Waals surface area contributed by atoms with Crippen LogP contribution in [0.3, 0.4) is 0 Å². The van der Waals surface area contributed by atoms with Crippen LogP contribution in [0.1, 0.15) is 35.9 Å². The van der Waals surface area contributed by atoms with Crippen molar-refractivity contribution in [3.05, 3.63) is 52.8 Å². The van der Waals surface area contributed by atoms with Gasteiger partial charge in [-0.3, -0.25) is 9.58 Å². The number of rotatable bonds is 9. The van der Waals surface area contributed by atoms with E-state index in [0.717, 1.165) is 70.6 Å². The largest absolute Gasteiger partial charge is 0.379 e. The quantitative estimate of drug-likeness (QED) is 0.222. The van der Waals surface area contributed by atoms with Crippen LogP contribution < -0.4 is 10.6 Å². The van der Waals surface area contributed by atoms with Gasteiger partial charge in [-0.2, -0.15) is 5.10 Å². The monoisotopic (exact) mass is 540 g/mol. The lowest BCUT2D eigenvalue weighted by atomic mass is 10.1. The number of benzene rings is 1. The summed E-state index contributed by atoms with van der Waals surface area (Å²) in [5.41, 5.74) is 4.87. The van der Waals surface area contributed by atoms with Gasteiger partial charge in [-0.05, 0) is 44.4 Å². The minimum atomic E-state index is 0. The molecule has 8 heteroatoms. The van der Waals surface area contributed by atoms with E-state index in [2.05, 4.69) is 69.5 Å². The Bertz CT molecular complexity index is 816. The maximum absolute atomic E-state index is 5.44. The SMILES string of the molecule is CCNC(=NCc1cccc(CN2CCOCC2)c1)NCCCn1nc(C)cc1C.I. The van der Waals surface area contributed by atoms with Gasteiger partial charge in [0.05, 0.1) is 25.5 Å². The third kappa shape index (κ3) is 8.78. The Labute approximate surface area is 203 Å². The first kappa shape index (κ1) is 25.6. The van der Waals surface area contributed by atoms with Gasteiger partial charge in [0.2, 0.25) is 0 Å². The molecule has 172 valence electrons. The molecule has 0 saturated carbocycles. The fourth-order valence-corrected chi connectivity index (χ4v) is 3.69. The number of nitrogens with one attached hydrogen (secondary N) is 2. The van der Waals surface area contributed by atoms with E-state index in [9.17, 15) is 0 Å². The van der Waals surface area contributed by atoms with Crippen molar-refractivity contribution in [2.45, 2.75) is 46.8 Å². The van der Waals surface area contributed by atoms with Crippen molar-refractivity contribution >= 4 is 29.9 Å². The highest BCUT2D eigenvalue weighted by atomic mass is 127. The Balaban J connectivity index is 0.00000341. The molecule has 2 aromatic rings. The number of hydrogen-bond donors (Lipinski definition) is 2. The molecule has 31 heavy (non-hydrogen) atoms. The van der Waals surface area contributed by atoms with Gasteiger partial charge >= 0.3 is 0 Å². The van der Waals surface area contributed by atoms with Gasteiger partial charge < -0.3 is 15.4 Å². The smallest absolute Gasteiger partial charge is 0.191 e. The molecule has 1 saturated heterocycles. The molecule has 0 aliphatic carbocycles. The van der Waals surface area contributed by atoms with Crippen molar-refractivity contribution in [3.63, 3.8) is 0 Å². The summed E-state index contributed by atoms with van der Waals surface area (Å²) < 4.78 is 7.51. The van der Waals surface area contributed by atoms with Crippen LogP contribution in [-0.4, -0.2) is 60.0 Å². The molecule has 0 spiro atoms. The average molecular weight is 540 g/mol. The summed E-state index contributed by atoms with van der Waals surface area (Å²) >= 11 is 0. The Morgan fingerprint density at radius 2 is 1.90 bits per heavy atom. The highest BCUT2D eigenvalue weighted by molar-refractivity contribution is 14.0. The topological polar surface area (TPSA) is 66.7 Å². The third-order valence-corrected chi connectivity index (χ3v) is 5.21. The van der Waals surface area contributed by atoms with Crippen molar-refractivity contribution in [3.8, 4) is 0 Å². The van der Waals surface area contributed by atoms with Gasteiger partial charge in [-0.25, -0.2) is 4.99 Å². The molecule has 2 N–H and O–H groups in total. The number of halogens is 1. The number of hydrogen-bond acceptors (Lipinski definition) is 4. The predicted octanol–water partition coefficient (Wildman–Crippen LogP) is 3.10. The van der Waals surface area contributed by atoms with Gasteiger partial charge in [-0.1, -0.05) is 24.3 Å². The van der Waals surface area contributed by atoms with E-state index >= 15 is 0 Å². The number of ether oxygens (including phenoxy) is 1. The first-order chi connectivity index (χ1) is 14.6. The average Bonchev–Trinajstić information content (AvgIpc) is 3.07. The summed E-state index contributed by atoms with van der Waals surface area (Å²) in [7, 11) is 0. The zero-order valence-electron chi connectivity index (χ0n) is 19.1. The summed E-state index contributed by atoms with van der Waals surface area (Å²) in [4.78, 5) is 7.22. The standard InChI is InChI=1S/C23H36N6O.HI/c1-4-24-23(25-9-6-10-29-20(3)15-19(2)27-29)26-17-21-7-5-8-22(16-21)18-28-11-13-30-14-12-28;/h5,7-8,15-16H,4,6,9-14,17-18H2,1-3H3,(H2,24,25,26);1H. The second-order valence-corrected chi connectivity index (χ2v) is 7.83. The lowest BCUT2D eigenvalue weighted by Gasteiger charge is -2.26.